The molecule has 0 saturated heterocycles. The lowest BCUT2D eigenvalue weighted by Gasteiger charge is -2.08. The van der Waals surface area contributed by atoms with Gasteiger partial charge in [0.15, 0.2) is 0 Å². The molecule has 0 aliphatic heterocycles. The number of anilines is 1. The predicted octanol–water partition coefficient (Wildman–Crippen LogP) is 5.56. The van der Waals surface area contributed by atoms with Crippen molar-refractivity contribution in [2.24, 2.45) is 5.73 Å². The number of rotatable bonds is 8. The van der Waals surface area contributed by atoms with Crippen LogP contribution in [-0.4, -0.2) is 13.1 Å². The van der Waals surface area contributed by atoms with Gasteiger partial charge in [0.1, 0.15) is 0 Å². The van der Waals surface area contributed by atoms with E-state index in [1.54, 1.807) is 0 Å². The zero-order valence-electron chi connectivity index (χ0n) is 14.6. The second kappa shape index (κ2) is 9.05. The smallest absolute Gasteiger partial charge is 0.0340 e. The van der Waals surface area contributed by atoms with Crippen molar-refractivity contribution in [1.29, 1.82) is 0 Å². The van der Waals surface area contributed by atoms with Gasteiger partial charge in [-0.15, -0.1) is 0 Å². The summed E-state index contributed by atoms with van der Waals surface area (Å²) in [4.78, 5) is 0. The van der Waals surface area contributed by atoms with E-state index < -0.39 is 0 Å². The Hall–Kier alpha value is -2.58. The molecule has 0 radical (unpaired) electrons. The topological polar surface area (TPSA) is 38.0 Å². The van der Waals surface area contributed by atoms with Gasteiger partial charge in [0.2, 0.25) is 0 Å². The normalized spacial score (nSPS) is 10.6. The van der Waals surface area contributed by atoms with Gasteiger partial charge >= 0.3 is 0 Å². The Morgan fingerprint density at radius 2 is 1.08 bits per heavy atom. The molecule has 3 aromatic rings. The Bertz CT molecular complexity index is 746. The van der Waals surface area contributed by atoms with Crippen LogP contribution in [0.2, 0.25) is 0 Å². The number of hydrogen-bond acceptors (Lipinski definition) is 2. The van der Waals surface area contributed by atoms with Crippen LogP contribution < -0.4 is 11.1 Å². The molecule has 0 saturated carbocycles. The van der Waals surface area contributed by atoms with E-state index >= 15 is 0 Å². The largest absolute Gasteiger partial charge is 0.385 e. The summed E-state index contributed by atoms with van der Waals surface area (Å²) in [6.45, 7) is 1.79. The Balaban J connectivity index is 1.60. The van der Waals surface area contributed by atoms with Gasteiger partial charge < -0.3 is 11.1 Å². The fraction of sp³-hybridized carbons (Fsp3) is 0.217. The molecule has 0 amide bonds. The quantitative estimate of drug-likeness (QED) is 0.531. The standard InChI is InChI=1S/C23H26N2/c24-17-5-2-6-18-25-23-15-13-22(14-16-23)21-11-9-20(10-12-21)19-7-3-1-4-8-19/h1,3-4,7-16,25H,2,5-6,17-18,24H2. The van der Waals surface area contributed by atoms with E-state index in [-0.39, 0.29) is 0 Å². The molecule has 0 aliphatic rings. The van der Waals surface area contributed by atoms with E-state index in [0.717, 1.165) is 19.5 Å². The van der Waals surface area contributed by atoms with Crippen LogP contribution in [0.4, 0.5) is 5.69 Å². The fourth-order valence-corrected chi connectivity index (χ4v) is 2.95. The molecule has 0 bridgehead atoms. The molecule has 0 unspecified atom stereocenters. The second-order valence-electron chi connectivity index (χ2n) is 6.30. The summed E-state index contributed by atoms with van der Waals surface area (Å²) in [5, 5.41) is 3.47. The molecule has 25 heavy (non-hydrogen) atoms. The van der Waals surface area contributed by atoms with Gasteiger partial charge in [0.05, 0.1) is 0 Å². The minimum Gasteiger partial charge on any atom is -0.385 e. The summed E-state index contributed by atoms with van der Waals surface area (Å²) in [6.07, 6.45) is 3.47. The molecule has 0 fully saturated rings. The summed E-state index contributed by atoms with van der Waals surface area (Å²) in [6, 6.07) is 27.9. The molecule has 0 atom stereocenters. The van der Waals surface area contributed by atoms with Crippen molar-refractivity contribution >= 4 is 5.69 Å². The zero-order chi connectivity index (χ0) is 17.3. The van der Waals surface area contributed by atoms with Crippen molar-refractivity contribution in [3.8, 4) is 22.3 Å². The first-order valence-electron chi connectivity index (χ1n) is 9.07. The average molecular weight is 330 g/mol. The van der Waals surface area contributed by atoms with Crippen LogP contribution in [0, 0.1) is 0 Å². The third-order valence-corrected chi connectivity index (χ3v) is 4.42. The van der Waals surface area contributed by atoms with Crippen molar-refractivity contribution in [3.63, 3.8) is 0 Å². The Morgan fingerprint density at radius 1 is 0.560 bits per heavy atom. The van der Waals surface area contributed by atoms with Crippen LogP contribution >= 0.6 is 0 Å². The third kappa shape index (κ3) is 4.94. The Labute approximate surface area is 150 Å². The van der Waals surface area contributed by atoms with Crippen molar-refractivity contribution in [2.45, 2.75) is 19.3 Å². The summed E-state index contributed by atoms with van der Waals surface area (Å²) in [5.41, 5.74) is 11.7. The highest BCUT2D eigenvalue weighted by atomic mass is 14.9. The highest BCUT2D eigenvalue weighted by molar-refractivity contribution is 5.71. The van der Waals surface area contributed by atoms with Crippen LogP contribution in [0.15, 0.2) is 78.9 Å². The van der Waals surface area contributed by atoms with Crippen LogP contribution in [0.25, 0.3) is 22.3 Å². The van der Waals surface area contributed by atoms with Crippen LogP contribution in [0.5, 0.6) is 0 Å². The molecular formula is C23H26N2. The summed E-state index contributed by atoms with van der Waals surface area (Å²) in [5.74, 6) is 0. The molecular weight excluding hydrogens is 304 g/mol. The van der Waals surface area contributed by atoms with Crippen LogP contribution in [0.3, 0.4) is 0 Å². The maximum atomic E-state index is 5.52. The molecule has 2 nitrogen and oxygen atoms in total. The van der Waals surface area contributed by atoms with Gasteiger partial charge in [-0.05, 0) is 53.8 Å². The molecule has 3 aromatic carbocycles. The van der Waals surface area contributed by atoms with E-state index in [0.29, 0.717) is 0 Å². The van der Waals surface area contributed by atoms with Crippen LogP contribution in [0.1, 0.15) is 19.3 Å². The molecule has 3 N–H and O–H groups in total. The first-order valence-corrected chi connectivity index (χ1v) is 9.07. The number of hydrogen-bond donors (Lipinski definition) is 2. The van der Waals surface area contributed by atoms with Crippen molar-refractivity contribution < 1.29 is 0 Å². The van der Waals surface area contributed by atoms with E-state index in [9.17, 15) is 0 Å². The van der Waals surface area contributed by atoms with Gasteiger partial charge in [-0.2, -0.15) is 0 Å². The fourth-order valence-electron chi connectivity index (χ4n) is 2.95. The summed E-state index contributed by atoms with van der Waals surface area (Å²) in [7, 11) is 0. The van der Waals surface area contributed by atoms with Crippen molar-refractivity contribution in [3.05, 3.63) is 78.9 Å². The lowest BCUT2D eigenvalue weighted by molar-refractivity contribution is 0.707. The second-order valence-corrected chi connectivity index (χ2v) is 6.30. The summed E-state index contributed by atoms with van der Waals surface area (Å²) >= 11 is 0. The van der Waals surface area contributed by atoms with E-state index in [4.69, 9.17) is 5.73 Å². The highest BCUT2D eigenvalue weighted by Crippen LogP contribution is 2.25. The molecule has 0 aliphatic carbocycles. The SMILES string of the molecule is NCCCCCNc1ccc(-c2ccc(-c3ccccc3)cc2)cc1. The molecule has 3 rings (SSSR count). The summed E-state index contributed by atoms with van der Waals surface area (Å²) < 4.78 is 0. The molecule has 0 spiro atoms. The van der Waals surface area contributed by atoms with E-state index in [2.05, 4.69) is 78.1 Å². The number of nitrogens with one attached hydrogen (secondary N) is 1. The van der Waals surface area contributed by atoms with Crippen molar-refractivity contribution in [2.75, 3.05) is 18.4 Å². The lowest BCUT2D eigenvalue weighted by Crippen LogP contribution is -2.03. The molecule has 0 heterocycles. The Kier molecular flexibility index (Phi) is 6.24. The lowest BCUT2D eigenvalue weighted by atomic mass is 10.0. The maximum absolute atomic E-state index is 5.52. The first-order chi connectivity index (χ1) is 12.4. The molecule has 128 valence electrons. The monoisotopic (exact) mass is 330 g/mol. The van der Waals surface area contributed by atoms with Gasteiger partial charge in [-0.1, -0.05) is 73.2 Å². The average Bonchev–Trinajstić information content (AvgIpc) is 2.69. The minimum absolute atomic E-state index is 0.789. The van der Waals surface area contributed by atoms with Crippen molar-refractivity contribution in [1.82, 2.24) is 0 Å². The zero-order valence-corrected chi connectivity index (χ0v) is 14.6. The number of nitrogens with two attached hydrogens (primary N) is 1. The van der Waals surface area contributed by atoms with E-state index in [1.807, 2.05) is 6.07 Å². The first kappa shape index (κ1) is 17.2. The number of unbranched alkanes of at least 4 members (excludes halogenated alkanes) is 2. The predicted molar refractivity (Wildman–Crippen MR) is 109 cm³/mol. The van der Waals surface area contributed by atoms with Gasteiger partial charge in [0, 0.05) is 12.2 Å². The minimum atomic E-state index is 0.789. The highest BCUT2D eigenvalue weighted by Gasteiger charge is 2.00. The molecule has 2 heteroatoms. The number of benzene rings is 3. The maximum Gasteiger partial charge on any atom is 0.0340 e. The molecule has 0 aromatic heterocycles. The third-order valence-electron chi connectivity index (χ3n) is 4.42. The van der Waals surface area contributed by atoms with Gasteiger partial charge in [-0.3, -0.25) is 0 Å². The van der Waals surface area contributed by atoms with Gasteiger partial charge in [-0.25, -0.2) is 0 Å². The van der Waals surface area contributed by atoms with Crippen LogP contribution in [-0.2, 0) is 0 Å². The Morgan fingerprint density at radius 3 is 1.64 bits per heavy atom. The van der Waals surface area contributed by atoms with E-state index in [1.165, 1.54) is 40.8 Å². The van der Waals surface area contributed by atoms with Gasteiger partial charge in [0.25, 0.3) is 0 Å².